The predicted molar refractivity (Wildman–Crippen MR) is 55.9 cm³/mol. The smallest absolute Gasteiger partial charge is 0.309 e. The molecule has 0 aliphatic carbocycles. The lowest BCUT2D eigenvalue weighted by atomic mass is 9.74. The predicted octanol–water partition coefficient (Wildman–Crippen LogP) is 1.43. The molecule has 0 aromatic heterocycles. The summed E-state index contributed by atoms with van der Waals surface area (Å²) in [5, 5.41) is 3.31. The van der Waals surface area contributed by atoms with Gasteiger partial charge in [-0.3, -0.25) is 4.79 Å². The largest absolute Gasteiger partial charge is 0.469 e. The second kappa shape index (κ2) is 4.30. The van der Waals surface area contributed by atoms with Gasteiger partial charge in [0, 0.05) is 6.54 Å². The van der Waals surface area contributed by atoms with E-state index in [1.807, 2.05) is 0 Å². The molecule has 1 rings (SSSR count). The van der Waals surface area contributed by atoms with Crippen molar-refractivity contribution in [2.24, 2.45) is 17.3 Å². The summed E-state index contributed by atoms with van der Waals surface area (Å²) < 4.78 is 4.77. The van der Waals surface area contributed by atoms with Crippen molar-refractivity contribution in [3.05, 3.63) is 0 Å². The average Bonchev–Trinajstić information content (AvgIpc) is 2.15. The van der Waals surface area contributed by atoms with Gasteiger partial charge in [0.05, 0.1) is 13.0 Å². The molecule has 0 aromatic rings. The minimum absolute atomic E-state index is 0.0398. The summed E-state index contributed by atoms with van der Waals surface area (Å²) in [7, 11) is 1.46. The summed E-state index contributed by atoms with van der Waals surface area (Å²) in [6, 6.07) is 0. The zero-order valence-corrected chi connectivity index (χ0v) is 9.59. The number of rotatable bonds is 1. The summed E-state index contributed by atoms with van der Waals surface area (Å²) in [6.07, 6.45) is 0.948. The highest BCUT2D eigenvalue weighted by Crippen LogP contribution is 2.33. The van der Waals surface area contributed by atoms with Crippen LogP contribution in [-0.2, 0) is 9.53 Å². The zero-order valence-electron chi connectivity index (χ0n) is 9.59. The maximum Gasteiger partial charge on any atom is 0.309 e. The van der Waals surface area contributed by atoms with Gasteiger partial charge in [0.15, 0.2) is 0 Å². The minimum atomic E-state index is -0.0774. The normalized spacial score (nSPS) is 28.6. The van der Waals surface area contributed by atoms with E-state index in [0.29, 0.717) is 5.92 Å². The molecule has 82 valence electrons. The van der Waals surface area contributed by atoms with Crippen LogP contribution in [-0.4, -0.2) is 26.2 Å². The summed E-state index contributed by atoms with van der Waals surface area (Å²) in [6.45, 7) is 8.44. The Morgan fingerprint density at radius 3 is 2.50 bits per heavy atom. The number of nitrogens with one attached hydrogen (secondary N) is 1. The van der Waals surface area contributed by atoms with Crippen LogP contribution >= 0.6 is 0 Å². The van der Waals surface area contributed by atoms with Gasteiger partial charge in [-0.1, -0.05) is 20.8 Å². The van der Waals surface area contributed by atoms with E-state index in [0.717, 1.165) is 19.5 Å². The molecule has 1 aliphatic heterocycles. The van der Waals surface area contributed by atoms with E-state index in [-0.39, 0.29) is 17.3 Å². The lowest BCUT2D eigenvalue weighted by Gasteiger charge is -2.37. The number of carbonyl (C=O) groups is 1. The summed E-state index contributed by atoms with van der Waals surface area (Å²) in [4.78, 5) is 11.4. The van der Waals surface area contributed by atoms with E-state index in [1.165, 1.54) is 7.11 Å². The van der Waals surface area contributed by atoms with Crippen LogP contribution < -0.4 is 5.32 Å². The van der Waals surface area contributed by atoms with E-state index >= 15 is 0 Å². The maximum atomic E-state index is 11.4. The first-order chi connectivity index (χ1) is 6.45. The van der Waals surface area contributed by atoms with Crippen molar-refractivity contribution in [3.8, 4) is 0 Å². The van der Waals surface area contributed by atoms with Gasteiger partial charge in [0.1, 0.15) is 0 Å². The molecule has 0 bridgehead atoms. The minimum Gasteiger partial charge on any atom is -0.469 e. The Labute approximate surface area is 86.2 Å². The van der Waals surface area contributed by atoms with E-state index in [2.05, 4.69) is 26.1 Å². The van der Waals surface area contributed by atoms with Gasteiger partial charge in [0.25, 0.3) is 0 Å². The number of esters is 1. The number of hydrogen-bond acceptors (Lipinski definition) is 3. The third-order valence-electron chi connectivity index (χ3n) is 3.11. The number of ether oxygens (including phenoxy) is 1. The molecule has 0 aromatic carbocycles. The van der Waals surface area contributed by atoms with Gasteiger partial charge >= 0.3 is 5.97 Å². The van der Waals surface area contributed by atoms with Crippen molar-refractivity contribution in [1.82, 2.24) is 5.32 Å². The SMILES string of the molecule is COC(=O)[C@@H]1CNC[C@H](C(C)(C)C)C1. The molecule has 0 unspecified atom stereocenters. The van der Waals surface area contributed by atoms with Crippen molar-refractivity contribution in [1.29, 1.82) is 0 Å². The lowest BCUT2D eigenvalue weighted by molar-refractivity contribution is -0.147. The van der Waals surface area contributed by atoms with E-state index < -0.39 is 0 Å². The quantitative estimate of drug-likeness (QED) is 0.649. The molecule has 0 radical (unpaired) electrons. The molecular formula is C11H21NO2. The Hall–Kier alpha value is -0.570. The third kappa shape index (κ3) is 2.71. The van der Waals surface area contributed by atoms with Crippen LogP contribution in [0, 0.1) is 17.3 Å². The Morgan fingerprint density at radius 1 is 1.36 bits per heavy atom. The second-order valence-electron chi connectivity index (χ2n) is 5.18. The molecule has 1 N–H and O–H groups in total. The summed E-state index contributed by atoms with van der Waals surface area (Å²) in [5.41, 5.74) is 0.264. The molecule has 1 saturated heterocycles. The van der Waals surface area contributed by atoms with Crippen LogP contribution in [0.1, 0.15) is 27.2 Å². The summed E-state index contributed by atoms with van der Waals surface area (Å²) in [5.74, 6) is 0.518. The average molecular weight is 199 g/mol. The fourth-order valence-corrected chi connectivity index (χ4v) is 1.95. The van der Waals surface area contributed by atoms with Crippen LogP contribution in [0.15, 0.2) is 0 Å². The van der Waals surface area contributed by atoms with Crippen molar-refractivity contribution < 1.29 is 9.53 Å². The summed E-state index contributed by atoms with van der Waals surface area (Å²) >= 11 is 0. The van der Waals surface area contributed by atoms with Crippen LogP contribution in [0.3, 0.4) is 0 Å². The van der Waals surface area contributed by atoms with Gasteiger partial charge in [-0.15, -0.1) is 0 Å². The molecule has 1 aliphatic rings. The maximum absolute atomic E-state index is 11.4. The van der Waals surface area contributed by atoms with Gasteiger partial charge in [-0.05, 0) is 24.3 Å². The highest BCUT2D eigenvalue weighted by atomic mass is 16.5. The molecule has 0 saturated carbocycles. The molecular weight excluding hydrogens is 178 g/mol. The highest BCUT2D eigenvalue weighted by molar-refractivity contribution is 5.72. The lowest BCUT2D eigenvalue weighted by Crippen LogP contribution is -2.44. The Morgan fingerprint density at radius 2 is 2.00 bits per heavy atom. The number of methoxy groups -OCH3 is 1. The van der Waals surface area contributed by atoms with Crippen molar-refractivity contribution in [3.63, 3.8) is 0 Å². The Kier molecular flexibility index (Phi) is 3.53. The van der Waals surface area contributed by atoms with Gasteiger partial charge < -0.3 is 10.1 Å². The van der Waals surface area contributed by atoms with E-state index in [1.54, 1.807) is 0 Å². The molecule has 2 atom stereocenters. The second-order valence-corrected chi connectivity index (χ2v) is 5.18. The molecule has 14 heavy (non-hydrogen) atoms. The fraction of sp³-hybridized carbons (Fsp3) is 0.909. The van der Waals surface area contributed by atoms with Crippen LogP contribution in [0.5, 0.6) is 0 Å². The van der Waals surface area contributed by atoms with Crippen LogP contribution in [0.2, 0.25) is 0 Å². The Bertz CT molecular complexity index is 208. The molecule has 1 fully saturated rings. The highest BCUT2D eigenvalue weighted by Gasteiger charge is 2.33. The molecule has 1 heterocycles. The zero-order chi connectivity index (χ0) is 10.8. The van der Waals surface area contributed by atoms with Crippen LogP contribution in [0.25, 0.3) is 0 Å². The van der Waals surface area contributed by atoms with E-state index in [4.69, 9.17) is 4.74 Å². The number of carbonyl (C=O) groups excluding carboxylic acids is 1. The first kappa shape index (κ1) is 11.5. The molecule has 3 heteroatoms. The van der Waals surface area contributed by atoms with Gasteiger partial charge in [-0.25, -0.2) is 0 Å². The van der Waals surface area contributed by atoms with E-state index in [9.17, 15) is 4.79 Å². The van der Waals surface area contributed by atoms with Crippen LogP contribution in [0.4, 0.5) is 0 Å². The standard InChI is InChI=1S/C11H21NO2/c1-11(2,3)9-5-8(6-12-7-9)10(13)14-4/h8-9,12H,5-7H2,1-4H3/t8-,9+/m0/s1. The topological polar surface area (TPSA) is 38.3 Å². The molecule has 0 amide bonds. The van der Waals surface area contributed by atoms with Gasteiger partial charge in [0.2, 0.25) is 0 Å². The molecule has 0 spiro atoms. The molecule has 3 nitrogen and oxygen atoms in total. The van der Waals surface area contributed by atoms with Crippen molar-refractivity contribution in [2.75, 3.05) is 20.2 Å². The number of piperidine rings is 1. The Balaban J connectivity index is 2.56. The van der Waals surface area contributed by atoms with Gasteiger partial charge in [-0.2, -0.15) is 0 Å². The fourth-order valence-electron chi connectivity index (χ4n) is 1.95. The van der Waals surface area contributed by atoms with Crippen molar-refractivity contribution in [2.45, 2.75) is 27.2 Å². The first-order valence-electron chi connectivity index (χ1n) is 5.23. The number of hydrogen-bond donors (Lipinski definition) is 1. The third-order valence-corrected chi connectivity index (χ3v) is 3.11. The van der Waals surface area contributed by atoms with Crippen molar-refractivity contribution >= 4 is 5.97 Å². The monoisotopic (exact) mass is 199 g/mol. The first-order valence-corrected chi connectivity index (χ1v) is 5.23.